The summed E-state index contributed by atoms with van der Waals surface area (Å²) in [6.07, 6.45) is 8.31. The van der Waals surface area contributed by atoms with Crippen molar-refractivity contribution in [2.45, 2.75) is 52.0 Å². The molecule has 102 valence electrons. The number of nitrogens with one attached hydrogen (secondary N) is 1. The number of hydrogen-bond acceptors (Lipinski definition) is 2. The molecule has 0 radical (unpaired) electrons. The summed E-state index contributed by atoms with van der Waals surface area (Å²) >= 11 is 3.60. The predicted molar refractivity (Wildman–Crippen MR) is 78.6 cm³/mol. The average molecular weight is 314 g/mol. The quantitative estimate of drug-likeness (QED) is 0.807. The Bertz CT molecular complexity index is 363. The average Bonchev–Trinajstić information content (AvgIpc) is 3.00. The minimum Gasteiger partial charge on any atom is -0.466 e. The van der Waals surface area contributed by atoms with Crippen molar-refractivity contribution in [1.82, 2.24) is 5.32 Å². The highest BCUT2D eigenvalue weighted by atomic mass is 79.9. The van der Waals surface area contributed by atoms with Crippen molar-refractivity contribution < 1.29 is 4.42 Å². The van der Waals surface area contributed by atoms with Crippen LogP contribution in [0.25, 0.3) is 0 Å². The van der Waals surface area contributed by atoms with Crippen LogP contribution in [0.3, 0.4) is 0 Å². The van der Waals surface area contributed by atoms with Crippen molar-refractivity contribution in [3.05, 3.63) is 22.6 Å². The molecule has 3 atom stereocenters. The van der Waals surface area contributed by atoms with E-state index in [1.165, 1.54) is 32.1 Å². The van der Waals surface area contributed by atoms with Crippen LogP contribution in [0.2, 0.25) is 0 Å². The second-order valence-electron chi connectivity index (χ2n) is 5.41. The summed E-state index contributed by atoms with van der Waals surface area (Å²) in [5, 5.41) is 3.68. The molecule has 1 N–H and O–H groups in total. The van der Waals surface area contributed by atoms with Gasteiger partial charge in [0.15, 0.2) is 0 Å². The van der Waals surface area contributed by atoms with Crippen LogP contribution in [-0.2, 0) is 0 Å². The maximum atomic E-state index is 5.70. The Hall–Kier alpha value is -0.280. The van der Waals surface area contributed by atoms with E-state index in [4.69, 9.17) is 4.42 Å². The van der Waals surface area contributed by atoms with Gasteiger partial charge in [-0.2, -0.15) is 0 Å². The van der Waals surface area contributed by atoms with Crippen LogP contribution < -0.4 is 5.32 Å². The molecule has 1 aliphatic carbocycles. The molecular weight excluding hydrogens is 290 g/mol. The van der Waals surface area contributed by atoms with Crippen molar-refractivity contribution in [1.29, 1.82) is 0 Å². The van der Waals surface area contributed by atoms with Gasteiger partial charge in [0.1, 0.15) is 5.76 Å². The van der Waals surface area contributed by atoms with Crippen molar-refractivity contribution >= 4 is 15.9 Å². The molecule has 1 aromatic rings. The molecule has 0 amide bonds. The highest BCUT2D eigenvalue weighted by Crippen LogP contribution is 2.42. The first-order valence-electron chi connectivity index (χ1n) is 7.22. The minimum atomic E-state index is 0.380. The molecule has 0 bridgehead atoms. The van der Waals surface area contributed by atoms with Gasteiger partial charge in [0.05, 0.1) is 16.8 Å². The second-order valence-corrected chi connectivity index (χ2v) is 6.27. The number of rotatable bonds is 6. The molecule has 1 aliphatic rings. The first-order valence-corrected chi connectivity index (χ1v) is 8.01. The van der Waals surface area contributed by atoms with Crippen molar-refractivity contribution in [2.75, 3.05) is 6.54 Å². The Labute approximate surface area is 119 Å². The molecule has 18 heavy (non-hydrogen) atoms. The van der Waals surface area contributed by atoms with E-state index in [-0.39, 0.29) is 0 Å². The molecule has 2 rings (SSSR count). The van der Waals surface area contributed by atoms with Gasteiger partial charge in [-0.25, -0.2) is 0 Å². The van der Waals surface area contributed by atoms with Crippen LogP contribution >= 0.6 is 15.9 Å². The maximum absolute atomic E-state index is 5.70. The van der Waals surface area contributed by atoms with Crippen LogP contribution in [0.1, 0.15) is 57.8 Å². The first kappa shape index (κ1) is 14.1. The molecule has 3 heteroatoms. The van der Waals surface area contributed by atoms with Gasteiger partial charge in [-0.3, -0.25) is 0 Å². The Balaban J connectivity index is 2.08. The normalized spacial score (nSPS) is 25.5. The summed E-state index contributed by atoms with van der Waals surface area (Å²) in [6.45, 7) is 5.58. The molecular formula is C15H24BrNO. The summed E-state index contributed by atoms with van der Waals surface area (Å²) in [4.78, 5) is 0. The van der Waals surface area contributed by atoms with Crippen molar-refractivity contribution in [3.8, 4) is 0 Å². The number of furan rings is 1. The molecule has 0 spiro atoms. The van der Waals surface area contributed by atoms with E-state index in [1.807, 2.05) is 6.07 Å². The van der Waals surface area contributed by atoms with E-state index in [2.05, 4.69) is 35.1 Å². The molecule has 3 unspecified atom stereocenters. The first-order chi connectivity index (χ1) is 8.76. The molecule has 1 aromatic heterocycles. The summed E-state index contributed by atoms with van der Waals surface area (Å²) in [6, 6.07) is 2.38. The third kappa shape index (κ3) is 3.18. The molecule has 1 saturated carbocycles. The molecule has 0 saturated heterocycles. The third-order valence-corrected chi connectivity index (χ3v) is 4.83. The summed E-state index contributed by atoms with van der Waals surface area (Å²) < 4.78 is 6.80. The van der Waals surface area contributed by atoms with Gasteiger partial charge in [0.2, 0.25) is 0 Å². The van der Waals surface area contributed by atoms with Crippen molar-refractivity contribution in [3.63, 3.8) is 0 Å². The molecule has 0 aliphatic heterocycles. The van der Waals surface area contributed by atoms with E-state index in [9.17, 15) is 0 Å². The lowest BCUT2D eigenvalue weighted by Gasteiger charge is -2.23. The molecule has 2 nitrogen and oxygen atoms in total. The summed E-state index contributed by atoms with van der Waals surface area (Å²) in [5.74, 6) is 2.73. The van der Waals surface area contributed by atoms with Gasteiger partial charge >= 0.3 is 0 Å². The standard InChI is InChI=1S/C15H24BrNO/c1-3-8-17-14(15-13(16)7-9-18-15)12-6-5-11(4-2)10-12/h7,9,11-12,14,17H,3-6,8,10H2,1-2H3. The van der Waals surface area contributed by atoms with Gasteiger partial charge in [-0.05, 0) is 59.6 Å². The van der Waals surface area contributed by atoms with Gasteiger partial charge in [0.25, 0.3) is 0 Å². The van der Waals surface area contributed by atoms with Gasteiger partial charge < -0.3 is 9.73 Å². The minimum absolute atomic E-state index is 0.380. The van der Waals surface area contributed by atoms with E-state index in [1.54, 1.807) is 6.26 Å². The Morgan fingerprint density at radius 2 is 2.28 bits per heavy atom. The van der Waals surface area contributed by atoms with E-state index >= 15 is 0 Å². The largest absolute Gasteiger partial charge is 0.466 e. The smallest absolute Gasteiger partial charge is 0.135 e. The lowest BCUT2D eigenvalue weighted by molar-refractivity contribution is 0.303. The van der Waals surface area contributed by atoms with Crippen LogP contribution in [0.4, 0.5) is 0 Å². The highest BCUT2D eigenvalue weighted by Gasteiger charge is 2.33. The molecule has 1 heterocycles. The van der Waals surface area contributed by atoms with Gasteiger partial charge in [-0.15, -0.1) is 0 Å². The number of halogens is 1. The van der Waals surface area contributed by atoms with E-state index in [0.717, 1.165) is 28.6 Å². The van der Waals surface area contributed by atoms with Crippen LogP contribution in [-0.4, -0.2) is 6.54 Å². The Morgan fingerprint density at radius 3 is 2.83 bits per heavy atom. The Kier molecular flexibility index (Phi) is 5.31. The maximum Gasteiger partial charge on any atom is 0.135 e. The van der Waals surface area contributed by atoms with Gasteiger partial charge in [0, 0.05) is 0 Å². The predicted octanol–water partition coefficient (Wildman–Crippen LogP) is 4.91. The highest BCUT2D eigenvalue weighted by molar-refractivity contribution is 9.10. The fourth-order valence-corrected chi connectivity index (χ4v) is 3.54. The van der Waals surface area contributed by atoms with Gasteiger partial charge in [-0.1, -0.05) is 26.7 Å². The summed E-state index contributed by atoms with van der Waals surface area (Å²) in [7, 11) is 0. The molecule has 0 aromatic carbocycles. The van der Waals surface area contributed by atoms with Crippen LogP contribution in [0.15, 0.2) is 21.2 Å². The summed E-state index contributed by atoms with van der Waals surface area (Å²) in [5.41, 5.74) is 0. The monoisotopic (exact) mass is 313 g/mol. The second kappa shape index (κ2) is 6.76. The van der Waals surface area contributed by atoms with E-state index < -0.39 is 0 Å². The van der Waals surface area contributed by atoms with E-state index in [0.29, 0.717) is 6.04 Å². The zero-order chi connectivity index (χ0) is 13.0. The molecule has 1 fully saturated rings. The lowest BCUT2D eigenvalue weighted by atomic mass is 9.94. The lowest BCUT2D eigenvalue weighted by Crippen LogP contribution is -2.28. The topological polar surface area (TPSA) is 25.2 Å². The third-order valence-electron chi connectivity index (χ3n) is 4.17. The van der Waals surface area contributed by atoms with Crippen LogP contribution in [0, 0.1) is 11.8 Å². The van der Waals surface area contributed by atoms with Crippen molar-refractivity contribution in [2.24, 2.45) is 11.8 Å². The fourth-order valence-electron chi connectivity index (χ4n) is 3.09. The number of hydrogen-bond donors (Lipinski definition) is 1. The van der Waals surface area contributed by atoms with Crippen LogP contribution in [0.5, 0.6) is 0 Å². The fraction of sp³-hybridized carbons (Fsp3) is 0.733. The zero-order valence-electron chi connectivity index (χ0n) is 11.4. The SMILES string of the molecule is CCCNC(c1occc1Br)C1CCC(CC)C1. The Morgan fingerprint density at radius 1 is 1.44 bits per heavy atom. The zero-order valence-corrected chi connectivity index (χ0v) is 13.0.